The van der Waals surface area contributed by atoms with Crippen LogP contribution in [0.5, 0.6) is 0 Å². The van der Waals surface area contributed by atoms with E-state index in [1.165, 1.54) is 0 Å². The van der Waals surface area contributed by atoms with Gasteiger partial charge in [0.05, 0.1) is 5.41 Å². The van der Waals surface area contributed by atoms with Gasteiger partial charge in [0.1, 0.15) is 0 Å². The predicted octanol–water partition coefficient (Wildman–Crippen LogP) is 3.67. The lowest BCUT2D eigenvalue weighted by atomic mass is 9.82. The predicted molar refractivity (Wildman–Crippen MR) is 111 cm³/mol. The number of nitrogens with one attached hydrogen (secondary N) is 3. The summed E-state index contributed by atoms with van der Waals surface area (Å²) in [5, 5.41) is 9.13. The fourth-order valence-corrected chi connectivity index (χ4v) is 3.39. The van der Waals surface area contributed by atoms with E-state index >= 15 is 0 Å². The van der Waals surface area contributed by atoms with Crippen LogP contribution < -0.4 is 16.0 Å². The fourth-order valence-electron chi connectivity index (χ4n) is 3.39. The second-order valence-corrected chi connectivity index (χ2v) is 7.13. The summed E-state index contributed by atoms with van der Waals surface area (Å²) in [6, 6.07) is 15.4. The van der Waals surface area contributed by atoms with Crippen molar-refractivity contribution < 1.29 is 9.59 Å². The van der Waals surface area contributed by atoms with Crippen LogP contribution in [0.3, 0.4) is 0 Å². The molecule has 2 amide bonds. The van der Waals surface area contributed by atoms with Gasteiger partial charge in [0.25, 0.3) is 0 Å². The van der Waals surface area contributed by atoms with Gasteiger partial charge in [-0.1, -0.05) is 24.3 Å². The molecule has 1 aliphatic heterocycles. The first kappa shape index (κ1) is 20.9. The summed E-state index contributed by atoms with van der Waals surface area (Å²) in [5.41, 5.74) is 2.96. The van der Waals surface area contributed by atoms with Crippen LogP contribution in [0.1, 0.15) is 24.0 Å². The highest BCUT2D eigenvalue weighted by molar-refractivity contribution is 6.01. The number of carbonyl (C=O) groups excluding carboxylic acids is 2. The van der Waals surface area contributed by atoms with Crippen molar-refractivity contribution in [3.05, 3.63) is 59.7 Å². The van der Waals surface area contributed by atoms with Crippen molar-refractivity contribution >= 4 is 35.6 Å². The van der Waals surface area contributed by atoms with Crippen LogP contribution in [0, 0.1) is 19.3 Å². The van der Waals surface area contributed by atoms with Crippen molar-refractivity contribution in [2.45, 2.75) is 26.7 Å². The monoisotopic (exact) mass is 387 g/mol. The van der Waals surface area contributed by atoms with Gasteiger partial charge < -0.3 is 16.0 Å². The first-order valence-electron chi connectivity index (χ1n) is 8.92. The standard InChI is InChI=1S/C21H25N3O2.ClH/c1-15-5-3-7-17(11-15)23-19(25)13-21(9-10-22-14-21)20(26)24-18-8-4-6-16(2)12-18;/h3-8,11-12,22H,9-10,13-14H2,1-2H3,(H,23,25)(H,24,26);1H. The van der Waals surface area contributed by atoms with Crippen molar-refractivity contribution in [3.8, 4) is 0 Å². The molecule has 2 aromatic rings. The zero-order valence-corrected chi connectivity index (χ0v) is 16.5. The Hall–Kier alpha value is -2.37. The summed E-state index contributed by atoms with van der Waals surface area (Å²) in [5.74, 6) is -0.244. The number of benzene rings is 2. The highest BCUT2D eigenvalue weighted by Crippen LogP contribution is 2.32. The normalized spacial score (nSPS) is 18.4. The minimum Gasteiger partial charge on any atom is -0.326 e. The van der Waals surface area contributed by atoms with Crippen LogP contribution in [-0.4, -0.2) is 24.9 Å². The topological polar surface area (TPSA) is 70.2 Å². The number of carbonyl (C=O) groups is 2. The molecule has 0 saturated carbocycles. The molecule has 3 rings (SSSR count). The van der Waals surface area contributed by atoms with Crippen LogP contribution in [-0.2, 0) is 9.59 Å². The molecule has 1 aliphatic rings. The van der Waals surface area contributed by atoms with E-state index in [1.54, 1.807) is 0 Å². The maximum Gasteiger partial charge on any atom is 0.232 e. The van der Waals surface area contributed by atoms with Crippen LogP contribution in [0.4, 0.5) is 11.4 Å². The Bertz CT molecular complexity index is 817. The highest BCUT2D eigenvalue weighted by atomic mass is 35.5. The minimum absolute atomic E-state index is 0. The lowest BCUT2D eigenvalue weighted by Crippen LogP contribution is -2.41. The molecule has 0 radical (unpaired) electrons. The number of halogens is 1. The summed E-state index contributed by atoms with van der Waals surface area (Å²) < 4.78 is 0. The van der Waals surface area contributed by atoms with Gasteiger partial charge in [-0.2, -0.15) is 0 Å². The molecule has 144 valence electrons. The molecule has 0 spiro atoms. The summed E-state index contributed by atoms with van der Waals surface area (Å²) in [7, 11) is 0. The SMILES string of the molecule is Cc1cccc(NC(=O)CC2(C(=O)Nc3cccc(C)c3)CCNC2)c1.Cl. The third-order valence-corrected chi connectivity index (χ3v) is 4.80. The molecular formula is C21H26ClN3O2. The smallest absolute Gasteiger partial charge is 0.232 e. The Morgan fingerprint density at radius 2 is 1.59 bits per heavy atom. The summed E-state index contributed by atoms with van der Waals surface area (Å²) in [4.78, 5) is 25.5. The molecule has 6 heteroatoms. The Kier molecular flexibility index (Phi) is 6.99. The van der Waals surface area contributed by atoms with E-state index in [-0.39, 0.29) is 30.6 Å². The van der Waals surface area contributed by atoms with Crippen LogP contribution in [0.15, 0.2) is 48.5 Å². The van der Waals surface area contributed by atoms with Gasteiger partial charge in [-0.3, -0.25) is 9.59 Å². The van der Waals surface area contributed by atoms with Crippen molar-refractivity contribution in [2.75, 3.05) is 23.7 Å². The van der Waals surface area contributed by atoms with Gasteiger partial charge in [-0.15, -0.1) is 12.4 Å². The average Bonchev–Trinajstić information content (AvgIpc) is 3.04. The number of rotatable bonds is 5. The van der Waals surface area contributed by atoms with E-state index in [9.17, 15) is 9.59 Å². The van der Waals surface area contributed by atoms with Gasteiger partial charge >= 0.3 is 0 Å². The molecule has 5 nitrogen and oxygen atoms in total. The number of hydrogen-bond acceptors (Lipinski definition) is 3. The van der Waals surface area contributed by atoms with E-state index in [0.717, 1.165) is 29.0 Å². The van der Waals surface area contributed by atoms with E-state index in [0.29, 0.717) is 13.0 Å². The molecule has 0 aliphatic carbocycles. The minimum atomic E-state index is -0.725. The second kappa shape index (κ2) is 9.02. The van der Waals surface area contributed by atoms with Gasteiger partial charge in [0.15, 0.2) is 0 Å². The Labute approximate surface area is 166 Å². The van der Waals surface area contributed by atoms with Crippen LogP contribution in [0.25, 0.3) is 0 Å². The van der Waals surface area contributed by atoms with Gasteiger partial charge in [-0.25, -0.2) is 0 Å². The molecule has 1 atom stereocenters. The molecule has 2 aromatic carbocycles. The van der Waals surface area contributed by atoms with E-state index in [1.807, 2.05) is 62.4 Å². The van der Waals surface area contributed by atoms with Gasteiger partial charge in [-0.05, 0) is 62.2 Å². The summed E-state index contributed by atoms with van der Waals surface area (Å²) >= 11 is 0. The lowest BCUT2D eigenvalue weighted by Gasteiger charge is -2.26. The van der Waals surface area contributed by atoms with Crippen molar-refractivity contribution in [1.29, 1.82) is 0 Å². The van der Waals surface area contributed by atoms with Crippen LogP contribution >= 0.6 is 12.4 Å². The first-order chi connectivity index (χ1) is 12.5. The Balaban J connectivity index is 0.00000261. The Morgan fingerprint density at radius 3 is 2.11 bits per heavy atom. The zero-order valence-electron chi connectivity index (χ0n) is 15.7. The molecule has 1 heterocycles. The third-order valence-electron chi connectivity index (χ3n) is 4.80. The molecule has 1 saturated heterocycles. The molecule has 0 bridgehead atoms. The molecule has 3 N–H and O–H groups in total. The van der Waals surface area contributed by atoms with Crippen molar-refractivity contribution in [2.24, 2.45) is 5.41 Å². The largest absolute Gasteiger partial charge is 0.326 e. The number of amides is 2. The molecule has 0 aromatic heterocycles. The number of aryl methyl sites for hydroxylation is 2. The van der Waals surface area contributed by atoms with Crippen LogP contribution in [0.2, 0.25) is 0 Å². The third kappa shape index (κ3) is 5.31. The molecule has 27 heavy (non-hydrogen) atoms. The maximum atomic E-state index is 13.0. The quantitative estimate of drug-likeness (QED) is 0.733. The summed E-state index contributed by atoms with van der Waals surface area (Å²) in [6.07, 6.45) is 0.803. The number of hydrogen-bond donors (Lipinski definition) is 3. The zero-order chi connectivity index (χ0) is 18.6. The van der Waals surface area contributed by atoms with Crippen molar-refractivity contribution in [3.63, 3.8) is 0 Å². The van der Waals surface area contributed by atoms with Gasteiger partial charge in [0, 0.05) is 24.3 Å². The molecule has 1 fully saturated rings. The molecule has 1 unspecified atom stereocenters. The first-order valence-corrected chi connectivity index (χ1v) is 8.92. The average molecular weight is 388 g/mol. The lowest BCUT2D eigenvalue weighted by molar-refractivity contribution is -0.129. The Morgan fingerprint density at radius 1 is 1.00 bits per heavy atom. The van der Waals surface area contributed by atoms with E-state index in [2.05, 4.69) is 16.0 Å². The van der Waals surface area contributed by atoms with E-state index in [4.69, 9.17) is 0 Å². The highest BCUT2D eigenvalue weighted by Gasteiger charge is 2.43. The second-order valence-electron chi connectivity index (χ2n) is 7.13. The van der Waals surface area contributed by atoms with Gasteiger partial charge in [0.2, 0.25) is 11.8 Å². The molecular weight excluding hydrogens is 362 g/mol. The number of anilines is 2. The van der Waals surface area contributed by atoms with Crippen molar-refractivity contribution in [1.82, 2.24) is 5.32 Å². The van der Waals surface area contributed by atoms with E-state index < -0.39 is 5.41 Å². The fraction of sp³-hybridized carbons (Fsp3) is 0.333. The maximum absolute atomic E-state index is 13.0. The summed E-state index contributed by atoms with van der Waals surface area (Å²) in [6.45, 7) is 5.20.